The summed E-state index contributed by atoms with van der Waals surface area (Å²) in [7, 11) is -2.88. The van der Waals surface area contributed by atoms with Gasteiger partial charge in [0.2, 0.25) is 0 Å². The molecule has 0 aromatic heterocycles. The summed E-state index contributed by atoms with van der Waals surface area (Å²) in [4.78, 5) is 10.4. The number of nitrogens with zero attached hydrogens (tertiary/aromatic N) is 3. The van der Waals surface area contributed by atoms with E-state index in [0.717, 1.165) is 51.9 Å². The van der Waals surface area contributed by atoms with E-state index in [9.17, 15) is 14.7 Å². The lowest BCUT2D eigenvalue weighted by molar-refractivity contribution is -0.384. The number of nitro benzene ring substituents is 1. The normalized spacial score (nSPS) is 20.7. The molecule has 0 spiro atoms. The van der Waals surface area contributed by atoms with Gasteiger partial charge in [0.25, 0.3) is 5.69 Å². The van der Waals surface area contributed by atoms with Crippen molar-refractivity contribution in [2.24, 2.45) is 0 Å². The fourth-order valence-corrected chi connectivity index (χ4v) is 6.22. The molecule has 1 N–H and O–H groups in total. The van der Waals surface area contributed by atoms with Gasteiger partial charge in [0, 0.05) is 44.0 Å². The van der Waals surface area contributed by atoms with Crippen molar-refractivity contribution in [3.8, 4) is 0 Å². The molecule has 0 unspecified atom stereocenters. The minimum atomic E-state index is -2.88. The Bertz CT molecular complexity index is 588. The van der Waals surface area contributed by atoms with Gasteiger partial charge in [-0.2, -0.15) is 0 Å². The first-order chi connectivity index (χ1) is 11.6. The molecule has 2 heterocycles. The molecule has 2 aliphatic rings. The monoisotopic (exact) mass is 352 g/mol. The molecule has 2 saturated heterocycles. The molecule has 0 aliphatic carbocycles. The molecule has 24 heavy (non-hydrogen) atoms. The Morgan fingerprint density at radius 3 is 1.75 bits per heavy atom. The molecule has 1 aromatic carbocycles. The molecule has 0 radical (unpaired) electrons. The molecular formula is C16H25N4O3P. The fourth-order valence-electron chi connectivity index (χ4n) is 3.44. The molecule has 0 atom stereocenters. The Morgan fingerprint density at radius 2 is 1.33 bits per heavy atom. The van der Waals surface area contributed by atoms with Crippen molar-refractivity contribution < 1.29 is 9.49 Å². The molecule has 2 fully saturated rings. The van der Waals surface area contributed by atoms with Gasteiger partial charge in [-0.3, -0.25) is 14.7 Å². The maximum atomic E-state index is 13.9. The molecular weight excluding hydrogens is 327 g/mol. The average Bonchev–Trinajstić information content (AvgIpc) is 2.63. The predicted molar refractivity (Wildman–Crippen MR) is 95.2 cm³/mol. The Balaban J connectivity index is 1.83. The van der Waals surface area contributed by atoms with Crippen molar-refractivity contribution in [3.63, 3.8) is 0 Å². The van der Waals surface area contributed by atoms with Gasteiger partial charge in [0.15, 0.2) is 0 Å². The molecule has 0 saturated carbocycles. The molecule has 132 valence electrons. The summed E-state index contributed by atoms with van der Waals surface area (Å²) in [6.45, 7) is 3.36. The van der Waals surface area contributed by atoms with Crippen LogP contribution in [0, 0.1) is 10.1 Å². The Labute approximate surface area is 142 Å². The number of piperidine rings is 2. The number of benzene rings is 1. The second-order valence-electron chi connectivity index (χ2n) is 6.49. The smallest absolute Gasteiger partial charge is 0.308 e. The van der Waals surface area contributed by atoms with Gasteiger partial charge in [0.05, 0.1) is 4.92 Å². The summed E-state index contributed by atoms with van der Waals surface area (Å²) in [5.41, 5.74) is 0.728. The first-order valence-corrected chi connectivity index (χ1v) is 10.3. The minimum Gasteiger partial charge on any atom is -0.313 e. The average molecular weight is 352 g/mol. The van der Waals surface area contributed by atoms with E-state index in [2.05, 4.69) is 14.4 Å². The summed E-state index contributed by atoms with van der Waals surface area (Å²) in [5, 5.41) is 14.1. The quantitative estimate of drug-likeness (QED) is 0.488. The van der Waals surface area contributed by atoms with E-state index in [4.69, 9.17) is 0 Å². The van der Waals surface area contributed by atoms with Gasteiger partial charge in [-0.15, -0.1) is 0 Å². The Kier molecular flexibility index (Phi) is 5.54. The van der Waals surface area contributed by atoms with E-state index in [0.29, 0.717) is 5.69 Å². The summed E-state index contributed by atoms with van der Waals surface area (Å²) < 4.78 is 18.1. The van der Waals surface area contributed by atoms with Crippen molar-refractivity contribution in [1.82, 2.24) is 9.34 Å². The van der Waals surface area contributed by atoms with Gasteiger partial charge >= 0.3 is 7.59 Å². The van der Waals surface area contributed by atoms with Crippen LogP contribution in [-0.4, -0.2) is 40.4 Å². The van der Waals surface area contributed by atoms with Crippen LogP contribution in [0.2, 0.25) is 0 Å². The molecule has 0 amide bonds. The first-order valence-electron chi connectivity index (χ1n) is 8.73. The summed E-state index contributed by atoms with van der Waals surface area (Å²) in [6.07, 6.45) is 6.65. The first kappa shape index (κ1) is 17.4. The molecule has 7 nitrogen and oxygen atoms in total. The lowest BCUT2D eigenvalue weighted by atomic mass is 10.2. The van der Waals surface area contributed by atoms with Gasteiger partial charge in [-0.25, -0.2) is 9.34 Å². The third-order valence-electron chi connectivity index (χ3n) is 4.78. The number of nitrogens with one attached hydrogen (secondary N) is 1. The van der Waals surface area contributed by atoms with Gasteiger partial charge in [0.1, 0.15) is 0 Å². The van der Waals surface area contributed by atoms with Crippen LogP contribution >= 0.6 is 7.59 Å². The van der Waals surface area contributed by atoms with E-state index < -0.39 is 12.5 Å². The number of hydrogen-bond acceptors (Lipinski definition) is 3. The number of hydrogen-bond donors (Lipinski definition) is 1. The van der Waals surface area contributed by atoms with Crippen molar-refractivity contribution in [1.29, 1.82) is 0 Å². The van der Waals surface area contributed by atoms with E-state index >= 15 is 0 Å². The number of rotatable bonds is 5. The minimum absolute atomic E-state index is 0.0475. The highest BCUT2D eigenvalue weighted by atomic mass is 31.2. The van der Waals surface area contributed by atoms with Crippen LogP contribution in [-0.2, 0) is 4.57 Å². The van der Waals surface area contributed by atoms with Crippen LogP contribution in [0.15, 0.2) is 24.3 Å². The molecule has 8 heteroatoms. The number of nitro groups is 1. The molecule has 0 bridgehead atoms. The highest BCUT2D eigenvalue weighted by molar-refractivity contribution is 7.60. The van der Waals surface area contributed by atoms with Crippen molar-refractivity contribution in [3.05, 3.63) is 34.4 Å². The van der Waals surface area contributed by atoms with Crippen LogP contribution in [0.3, 0.4) is 0 Å². The Hall–Kier alpha value is -1.43. The van der Waals surface area contributed by atoms with Crippen molar-refractivity contribution >= 4 is 19.0 Å². The van der Waals surface area contributed by atoms with Crippen LogP contribution in [0.1, 0.15) is 38.5 Å². The van der Waals surface area contributed by atoms with Crippen molar-refractivity contribution in [2.75, 3.05) is 31.3 Å². The van der Waals surface area contributed by atoms with Gasteiger partial charge in [-0.1, -0.05) is 12.8 Å². The lowest BCUT2D eigenvalue weighted by Crippen LogP contribution is -2.40. The van der Waals surface area contributed by atoms with Gasteiger partial charge in [-0.05, 0) is 37.8 Å². The Morgan fingerprint density at radius 1 is 0.875 bits per heavy atom. The van der Waals surface area contributed by atoms with Crippen LogP contribution in [0.4, 0.5) is 11.4 Å². The van der Waals surface area contributed by atoms with Crippen molar-refractivity contribution in [2.45, 2.75) is 38.5 Å². The number of non-ortho nitro benzene ring substituents is 1. The summed E-state index contributed by atoms with van der Waals surface area (Å²) in [5.74, 6) is 0. The largest absolute Gasteiger partial charge is 0.313 e. The highest BCUT2D eigenvalue weighted by Gasteiger charge is 2.38. The second kappa shape index (κ2) is 7.64. The van der Waals surface area contributed by atoms with E-state index in [1.807, 2.05) is 0 Å². The SMILES string of the molecule is O=[N+]([O-])c1ccc(NP(=O)(N2CCCCC2)N2CCCCC2)cc1. The predicted octanol–water partition coefficient (Wildman–Crippen LogP) is 4.09. The topological polar surface area (TPSA) is 78.7 Å². The maximum Gasteiger partial charge on any atom is 0.308 e. The van der Waals surface area contributed by atoms with Crippen LogP contribution < -0.4 is 5.09 Å². The second-order valence-corrected chi connectivity index (χ2v) is 8.93. The van der Waals surface area contributed by atoms with E-state index in [1.165, 1.54) is 25.0 Å². The third-order valence-corrected chi connectivity index (χ3v) is 7.67. The van der Waals surface area contributed by atoms with Gasteiger partial charge < -0.3 is 5.09 Å². The molecule has 2 aliphatic heterocycles. The fraction of sp³-hybridized carbons (Fsp3) is 0.625. The third kappa shape index (κ3) is 3.79. The van der Waals surface area contributed by atoms with E-state index in [1.54, 1.807) is 12.1 Å². The zero-order chi connectivity index (χ0) is 17.0. The summed E-state index contributed by atoms with van der Waals surface area (Å²) >= 11 is 0. The standard InChI is InChI=1S/C16H25N4O3P/c21-20(22)16-9-7-15(8-10-16)17-24(23,18-11-3-1-4-12-18)19-13-5-2-6-14-19/h7-10H,1-6,11-14H2,(H,17,23). The maximum absolute atomic E-state index is 13.9. The lowest BCUT2D eigenvalue weighted by Gasteiger charge is -2.42. The zero-order valence-electron chi connectivity index (χ0n) is 13.9. The van der Waals surface area contributed by atoms with Crippen LogP contribution in [0.25, 0.3) is 0 Å². The molecule has 1 aromatic rings. The number of anilines is 1. The highest BCUT2D eigenvalue weighted by Crippen LogP contribution is 2.54. The molecule has 3 rings (SSSR count). The summed E-state index contributed by atoms with van der Waals surface area (Å²) in [6, 6.07) is 6.22. The zero-order valence-corrected chi connectivity index (χ0v) is 14.8. The van der Waals surface area contributed by atoms with Crippen LogP contribution in [0.5, 0.6) is 0 Å². The van der Waals surface area contributed by atoms with E-state index in [-0.39, 0.29) is 5.69 Å².